The molecular formula is C33H32F5N5O2. The third kappa shape index (κ3) is 4.50. The summed E-state index contributed by atoms with van der Waals surface area (Å²) in [6.07, 6.45) is 1.74. The Hall–Kier alpha value is -3.80. The second-order valence-electron chi connectivity index (χ2n) is 12.4. The maximum Gasteiger partial charge on any atom is 0.319 e. The highest BCUT2D eigenvalue weighted by molar-refractivity contribution is 6.02. The Morgan fingerprint density at radius 3 is 2.84 bits per heavy atom. The smallest absolute Gasteiger partial charge is 0.319 e. The van der Waals surface area contributed by atoms with Crippen LogP contribution in [0.1, 0.15) is 45.4 Å². The maximum atomic E-state index is 17.0. The Balaban J connectivity index is 1.32. The number of anilines is 1. The minimum absolute atomic E-state index is 0.0464. The number of methoxy groups -OCH3 is 1. The monoisotopic (exact) mass is 630 g/mol. The van der Waals surface area contributed by atoms with Gasteiger partial charge in [-0.25, -0.2) is 22.0 Å². The van der Waals surface area contributed by atoms with E-state index in [-0.39, 0.29) is 46.4 Å². The number of benzene rings is 2. The van der Waals surface area contributed by atoms with E-state index < -0.39 is 77.9 Å². The zero-order valence-corrected chi connectivity index (χ0v) is 24.0. The molecule has 5 heterocycles. The van der Waals surface area contributed by atoms with E-state index in [1.165, 1.54) is 24.4 Å². The molecule has 7 nitrogen and oxygen atoms in total. The average Bonchev–Trinajstić information content (AvgIpc) is 3.40. The van der Waals surface area contributed by atoms with E-state index in [2.05, 4.69) is 15.0 Å². The molecule has 1 saturated carbocycles. The van der Waals surface area contributed by atoms with Crippen molar-refractivity contribution in [1.29, 1.82) is 0 Å². The number of pyridine rings is 1. The zero-order valence-electron chi connectivity index (χ0n) is 29.0. The fourth-order valence-corrected chi connectivity index (χ4v) is 7.65. The van der Waals surface area contributed by atoms with E-state index in [0.29, 0.717) is 44.8 Å². The summed E-state index contributed by atoms with van der Waals surface area (Å²) < 4.78 is 128. The van der Waals surface area contributed by atoms with Crippen molar-refractivity contribution in [2.24, 2.45) is 5.92 Å². The van der Waals surface area contributed by atoms with Gasteiger partial charge in [0, 0.05) is 54.0 Å². The largest absolute Gasteiger partial charge is 0.493 e. The van der Waals surface area contributed by atoms with Crippen LogP contribution in [0.4, 0.5) is 27.8 Å². The predicted molar refractivity (Wildman–Crippen MR) is 159 cm³/mol. The number of rotatable bonds is 6. The minimum atomic E-state index is -3.14. The fourth-order valence-electron chi connectivity index (χ4n) is 7.65. The highest BCUT2D eigenvalue weighted by atomic mass is 19.1. The Labute approximate surface area is 263 Å². The van der Waals surface area contributed by atoms with Crippen LogP contribution < -0.4 is 14.4 Å². The van der Waals surface area contributed by atoms with Gasteiger partial charge in [0.05, 0.1) is 30.9 Å². The quantitative estimate of drug-likeness (QED) is 0.224. The summed E-state index contributed by atoms with van der Waals surface area (Å²) >= 11 is 0. The van der Waals surface area contributed by atoms with E-state index in [9.17, 15) is 4.39 Å². The fraction of sp³-hybridized carbons (Fsp3) is 0.485. The molecule has 4 fully saturated rings. The summed E-state index contributed by atoms with van der Waals surface area (Å²) in [6.45, 7) is -1.63. The topological polar surface area (TPSA) is 63.6 Å². The van der Waals surface area contributed by atoms with Gasteiger partial charge in [0.25, 0.3) is 0 Å². The Bertz CT molecular complexity index is 2020. The van der Waals surface area contributed by atoms with Crippen LogP contribution in [0, 0.1) is 23.4 Å². The van der Waals surface area contributed by atoms with Gasteiger partial charge in [-0.05, 0) is 32.2 Å². The molecule has 2 aromatic heterocycles. The summed E-state index contributed by atoms with van der Waals surface area (Å²) in [5.74, 6) is -4.51. The number of nitrogens with zero attached hydrogens (tertiary/aromatic N) is 5. The van der Waals surface area contributed by atoms with E-state index in [4.69, 9.17) is 16.3 Å². The molecule has 4 aromatic rings. The number of fused-ring (bicyclic) bond motifs is 4. The van der Waals surface area contributed by atoms with E-state index >= 15 is 17.6 Å². The van der Waals surface area contributed by atoms with Gasteiger partial charge in [0.15, 0.2) is 17.4 Å². The maximum absolute atomic E-state index is 17.0. The highest BCUT2D eigenvalue weighted by Gasteiger charge is 2.56. The number of alkyl halides is 2. The first-order valence-electron chi connectivity index (χ1n) is 17.6. The van der Waals surface area contributed by atoms with Crippen molar-refractivity contribution >= 4 is 27.5 Å². The molecule has 8 rings (SSSR count). The third-order valence-electron chi connectivity index (χ3n) is 9.81. The van der Waals surface area contributed by atoms with Gasteiger partial charge in [-0.1, -0.05) is 24.6 Å². The summed E-state index contributed by atoms with van der Waals surface area (Å²) in [7, 11) is -3.14. The van der Waals surface area contributed by atoms with Gasteiger partial charge in [-0.3, -0.25) is 9.88 Å². The minimum Gasteiger partial charge on any atom is -0.493 e. The van der Waals surface area contributed by atoms with Gasteiger partial charge in [-0.2, -0.15) is 9.97 Å². The van der Waals surface area contributed by atoms with Crippen LogP contribution in [-0.4, -0.2) is 77.0 Å². The molecule has 12 heteroatoms. The third-order valence-corrected chi connectivity index (χ3v) is 9.81. The number of aromatic nitrogens is 3. The molecule has 45 heavy (non-hydrogen) atoms. The second kappa shape index (κ2) is 10.6. The number of hydrogen-bond acceptors (Lipinski definition) is 7. The van der Waals surface area contributed by atoms with Crippen LogP contribution >= 0.6 is 0 Å². The van der Waals surface area contributed by atoms with Crippen LogP contribution in [0.3, 0.4) is 0 Å². The van der Waals surface area contributed by atoms with Crippen molar-refractivity contribution in [2.75, 3.05) is 38.1 Å². The van der Waals surface area contributed by atoms with Crippen molar-refractivity contribution in [3.8, 4) is 23.0 Å². The van der Waals surface area contributed by atoms with E-state index in [1.807, 2.05) is 0 Å². The lowest BCUT2D eigenvalue weighted by atomic mass is 9.95. The highest BCUT2D eigenvalue weighted by Crippen LogP contribution is 2.48. The Morgan fingerprint density at radius 2 is 1.98 bits per heavy atom. The average molecular weight is 631 g/mol. The van der Waals surface area contributed by atoms with Gasteiger partial charge < -0.3 is 14.4 Å². The predicted octanol–water partition coefficient (Wildman–Crippen LogP) is 6.55. The normalized spacial score (nSPS) is 30.2. The second-order valence-corrected chi connectivity index (χ2v) is 12.4. The number of ether oxygens (including phenoxy) is 2. The van der Waals surface area contributed by atoms with Crippen molar-refractivity contribution in [1.82, 2.24) is 19.9 Å². The van der Waals surface area contributed by atoms with Gasteiger partial charge in [-0.15, -0.1) is 0 Å². The molecule has 0 bridgehead atoms. The van der Waals surface area contributed by atoms with Crippen LogP contribution in [0.15, 0.2) is 30.5 Å². The van der Waals surface area contributed by atoms with E-state index in [1.54, 1.807) is 9.80 Å². The molecule has 1 aliphatic carbocycles. The van der Waals surface area contributed by atoms with Crippen LogP contribution in [0.5, 0.6) is 11.8 Å². The summed E-state index contributed by atoms with van der Waals surface area (Å²) in [6, 6.07) is 3.26. The van der Waals surface area contributed by atoms with Crippen LogP contribution in [0.2, 0.25) is 0 Å². The molecule has 3 aliphatic heterocycles. The molecule has 0 radical (unpaired) electrons. The molecule has 0 amide bonds. The SMILES string of the molecule is [2H]C([2H])([2H])Oc1c(F)cc(F)c2cccc(-c3ncc4c(N5CCCC[C@H]6[C@H](F)[C@H]65)nc(OC([2H])([2H])[C@@]56CCCN5C[C@H](F)C6)nc4c3F)c12. The molecule has 4 aliphatic rings. The standard InChI is InChI=1S/C33H32F5N5O2/c1-44-30-23(36)12-22(35)18-7-4-8-19(24(18)30)27-26(38)28-21(14-39-27)31(43-11-3-2-6-20-25(37)29(20)43)41-32(40-28)45-16-33-9-5-10-42(33)15-17(34)13-33/h4,7-8,12,14,17,20,25,29H,2-3,5-6,9-11,13,15-16H2,1H3/t17-,20+,25+,29+,33+/m1/s1/i1D3,16D2. The Morgan fingerprint density at radius 1 is 1.09 bits per heavy atom. The van der Waals surface area contributed by atoms with Crippen molar-refractivity contribution in [3.05, 3.63) is 47.9 Å². The molecule has 5 atom stereocenters. The van der Waals surface area contributed by atoms with Crippen molar-refractivity contribution < 1.29 is 38.3 Å². The molecule has 0 unspecified atom stereocenters. The van der Waals surface area contributed by atoms with Crippen LogP contribution in [-0.2, 0) is 0 Å². The summed E-state index contributed by atoms with van der Waals surface area (Å²) in [4.78, 5) is 16.5. The first kappa shape index (κ1) is 23.5. The number of halogens is 5. The first-order chi connectivity index (χ1) is 23.7. The molecule has 3 saturated heterocycles. The lowest BCUT2D eigenvalue weighted by Crippen LogP contribution is -2.43. The van der Waals surface area contributed by atoms with Crippen molar-refractivity contribution in [3.63, 3.8) is 0 Å². The summed E-state index contributed by atoms with van der Waals surface area (Å²) in [5, 5.41) is -0.586. The molecule has 0 spiro atoms. The van der Waals surface area contributed by atoms with E-state index in [0.717, 1.165) is 6.42 Å². The Kier molecular flexibility index (Phi) is 5.56. The number of hydrogen-bond donors (Lipinski definition) is 0. The molecule has 0 N–H and O–H groups in total. The lowest BCUT2D eigenvalue weighted by molar-refractivity contribution is 0.107. The molecule has 2 aromatic carbocycles. The lowest BCUT2D eigenvalue weighted by Gasteiger charge is -2.31. The molecule has 236 valence electrons. The summed E-state index contributed by atoms with van der Waals surface area (Å²) in [5.41, 5.74) is -2.39. The van der Waals surface area contributed by atoms with Gasteiger partial charge in [0.2, 0.25) is 0 Å². The van der Waals surface area contributed by atoms with Crippen LogP contribution in [0.25, 0.3) is 32.9 Å². The van der Waals surface area contributed by atoms with Gasteiger partial charge in [0.1, 0.15) is 41.7 Å². The molecular weight excluding hydrogens is 593 g/mol. The van der Waals surface area contributed by atoms with Gasteiger partial charge >= 0.3 is 6.01 Å². The zero-order chi connectivity index (χ0) is 35.3. The van der Waals surface area contributed by atoms with Crippen molar-refractivity contribution in [2.45, 2.75) is 62.4 Å². The first-order valence-corrected chi connectivity index (χ1v) is 15.1.